The topological polar surface area (TPSA) is 9.72 Å². The van der Waals surface area contributed by atoms with Gasteiger partial charge in [-0.25, -0.2) is 0 Å². The van der Waals surface area contributed by atoms with Gasteiger partial charge in [0.25, 0.3) is 6.71 Å². The minimum atomic E-state index is -0.312. The summed E-state index contributed by atoms with van der Waals surface area (Å²) in [7, 11) is 0. The smallest absolute Gasteiger partial charge is 0.252 e. The first-order valence-electron chi connectivity index (χ1n) is 23.6. The molecule has 1 saturated carbocycles. The number of fused-ring (bicyclic) bond motifs is 12. The highest BCUT2D eigenvalue weighted by atomic mass is 15.3. The largest absolute Gasteiger partial charge is 0.334 e. The number of nitrogens with zero attached hydrogens (tertiary/aromatic N) is 3. The van der Waals surface area contributed by atoms with E-state index in [1.54, 1.807) is 5.56 Å². The van der Waals surface area contributed by atoms with Gasteiger partial charge in [0.15, 0.2) is 0 Å². The Hall–Kier alpha value is -5.22. The zero-order valence-electron chi connectivity index (χ0n) is 39.0. The van der Waals surface area contributed by atoms with Crippen LogP contribution in [0.2, 0.25) is 0 Å². The van der Waals surface area contributed by atoms with Crippen LogP contribution in [-0.2, 0) is 28.2 Å². The molecule has 0 aromatic heterocycles. The van der Waals surface area contributed by atoms with Crippen LogP contribution >= 0.6 is 0 Å². The molecule has 0 saturated heterocycles. The number of anilines is 7. The predicted molar refractivity (Wildman–Crippen MR) is 264 cm³/mol. The number of hydrogen-bond donors (Lipinski definition) is 0. The van der Waals surface area contributed by atoms with Crippen LogP contribution in [0.5, 0.6) is 0 Å². The molecule has 4 heteroatoms. The molecule has 4 aliphatic heterocycles. The molecule has 3 nitrogen and oxygen atoms in total. The van der Waals surface area contributed by atoms with Crippen molar-refractivity contribution in [3.05, 3.63) is 153 Å². The van der Waals surface area contributed by atoms with Crippen molar-refractivity contribution in [3.8, 4) is 0 Å². The summed E-state index contributed by atoms with van der Waals surface area (Å²) in [5.74, 6) is 0. The molecule has 12 rings (SSSR count). The van der Waals surface area contributed by atoms with Crippen LogP contribution in [0, 0.1) is 27.7 Å². The fourth-order valence-corrected chi connectivity index (χ4v) is 14.3. The summed E-state index contributed by atoms with van der Waals surface area (Å²) in [6.45, 7) is 26.9. The van der Waals surface area contributed by atoms with Gasteiger partial charge in [-0.15, -0.1) is 0 Å². The molecule has 0 amide bonds. The van der Waals surface area contributed by atoms with Crippen LogP contribution in [0.4, 0.5) is 39.8 Å². The molecule has 4 unspecified atom stereocenters. The first-order chi connectivity index (χ1) is 29.5. The minimum absolute atomic E-state index is 0.00914. The lowest BCUT2D eigenvalue weighted by Gasteiger charge is -2.54. The number of hydrogen-bond acceptors (Lipinski definition) is 3. The van der Waals surface area contributed by atoms with Gasteiger partial charge >= 0.3 is 0 Å². The lowest BCUT2D eigenvalue weighted by Crippen LogP contribution is -2.64. The molecule has 62 heavy (non-hydrogen) atoms. The first kappa shape index (κ1) is 38.5. The van der Waals surface area contributed by atoms with Crippen LogP contribution < -0.4 is 31.1 Å². The number of aryl methyl sites for hydroxylation is 5. The summed E-state index contributed by atoms with van der Waals surface area (Å²) >= 11 is 0. The quantitative estimate of drug-likeness (QED) is 0.161. The summed E-state index contributed by atoms with van der Waals surface area (Å²) in [6.07, 6.45) is 7.12. The van der Waals surface area contributed by atoms with E-state index in [0.717, 1.165) is 12.8 Å². The Morgan fingerprint density at radius 3 is 2.06 bits per heavy atom. The van der Waals surface area contributed by atoms with Crippen molar-refractivity contribution in [2.45, 2.75) is 142 Å². The van der Waals surface area contributed by atoms with Crippen LogP contribution in [0.25, 0.3) is 0 Å². The van der Waals surface area contributed by atoms with Gasteiger partial charge in [0.1, 0.15) is 0 Å². The van der Waals surface area contributed by atoms with E-state index in [1.165, 1.54) is 126 Å². The molecule has 6 aromatic carbocycles. The van der Waals surface area contributed by atoms with Gasteiger partial charge in [-0.2, -0.15) is 0 Å². The van der Waals surface area contributed by atoms with Gasteiger partial charge < -0.3 is 14.7 Å². The summed E-state index contributed by atoms with van der Waals surface area (Å²) in [5.41, 5.74) is 26.2. The van der Waals surface area contributed by atoms with Crippen LogP contribution in [0.1, 0.15) is 131 Å². The zero-order valence-corrected chi connectivity index (χ0v) is 39.0. The third kappa shape index (κ3) is 4.59. The maximum Gasteiger partial charge on any atom is 0.252 e. The minimum Gasteiger partial charge on any atom is -0.334 e. The molecule has 6 aliphatic rings. The van der Waals surface area contributed by atoms with Gasteiger partial charge in [0, 0.05) is 50.6 Å². The van der Waals surface area contributed by atoms with Crippen molar-refractivity contribution in [2.75, 3.05) is 14.7 Å². The van der Waals surface area contributed by atoms with Gasteiger partial charge in [0.2, 0.25) is 0 Å². The van der Waals surface area contributed by atoms with E-state index in [4.69, 9.17) is 0 Å². The fourth-order valence-electron chi connectivity index (χ4n) is 14.3. The summed E-state index contributed by atoms with van der Waals surface area (Å²) in [5, 5.41) is 0. The molecule has 0 radical (unpaired) electrons. The average Bonchev–Trinajstić information content (AvgIpc) is 3.58. The fraction of sp³-hybridized carbons (Fsp3) is 0.379. The van der Waals surface area contributed by atoms with E-state index in [0.29, 0.717) is 0 Å². The third-order valence-electron chi connectivity index (χ3n) is 17.8. The second-order valence-corrected chi connectivity index (χ2v) is 22.3. The zero-order chi connectivity index (χ0) is 43.0. The maximum atomic E-state index is 2.91. The molecule has 4 heterocycles. The van der Waals surface area contributed by atoms with Gasteiger partial charge in [-0.05, 0) is 164 Å². The number of rotatable bonds is 2. The SMILES string of the molecule is Cc1ccc(N2c3ccc(C)cc3B3c4cc(C(C)(C)C)cc5c4N(c4cc(N6c7cc(C)cc(C)c7C7(C)CCCCC67C)cc2c43)C2(C)c3ccccc3CCC52C)cc1. The molecule has 6 aromatic rings. The Balaban J connectivity index is 1.25. The summed E-state index contributed by atoms with van der Waals surface area (Å²) in [4.78, 5) is 8.41. The van der Waals surface area contributed by atoms with E-state index in [2.05, 4.69) is 194 Å². The van der Waals surface area contributed by atoms with Crippen molar-refractivity contribution >= 4 is 62.9 Å². The Bertz CT molecular complexity index is 2940. The van der Waals surface area contributed by atoms with Crippen molar-refractivity contribution < 1.29 is 0 Å². The van der Waals surface area contributed by atoms with Crippen LogP contribution in [0.15, 0.2) is 103 Å². The molecule has 0 spiro atoms. The number of benzene rings is 6. The van der Waals surface area contributed by atoms with Crippen LogP contribution in [0.3, 0.4) is 0 Å². The lowest BCUT2D eigenvalue weighted by molar-refractivity contribution is 0.194. The van der Waals surface area contributed by atoms with Crippen molar-refractivity contribution in [2.24, 2.45) is 0 Å². The highest BCUT2D eigenvalue weighted by Crippen LogP contribution is 2.67. The molecule has 0 bridgehead atoms. The highest BCUT2D eigenvalue weighted by Gasteiger charge is 2.64. The molecular weight excluding hydrogens is 749 g/mol. The Labute approximate surface area is 371 Å². The lowest BCUT2D eigenvalue weighted by atomic mass is 9.33. The monoisotopic (exact) mass is 812 g/mol. The van der Waals surface area contributed by atoms with Crippen molar-refractivity contribution in [1.29, 1.82) is 0 Å². The van der Waals surface area contributed by atoms with Crippen LogP contribution in [-0.4, -0.2) is 12.3 Å². The van der Waals surface area contributed by atoms with E-state index in [1.807, 2.05) is 0 Å². The van der Waals surface area contributed by atoms with E-state index >= 15 is 0 Å². The predicted octanol–water partition coefficient (Wildman–Crippen LogP) is 12.8. The van der Waals surface area contributed by atoms with E-state index in [-0.39, 0.29) is 34.0 Å². The second-order valence-electron chi connectivity index (χ2n) is 22.3. The second kappa shape index (κ2) is 12.3. The Morgan fingerprint density at radius 1 is 0.565 bits per heavy atom. The third-order valence-corrected chi connectivity index (χ3v) is 17.8. The molecule has 312 valence electrons. The molecular formula is C58H62BN3. The summed E-state index contributed by atoms with van der Waals surface area (Å²) in [6, 6.07) is 41.6. The molecule has 0 N–H and O–H groups in total. The Kier molecular flexibility index (Phi) is 7.62. The highest BCUT2D eigenvalue weighted by molar-refractivity contribution is 7.00. The van der Waals surface area contributed by atoms with Gasteiger partial charge in [-0.3, -0.25) is 0 Å². The van der Waals surface area contributed by atoms with Gasteiger partial charge in [0.05, 0.1) is 11.1 Å². The van der Waals surface area contributed by atoms with E-state index < -0.39 is 0 Å². The van der Waals surface area contributed by atoms with Gasteiger partial charge in [-0.1, -0.05) is 125 Å². The van der Waals surface area contributed by atoms with E-state index in [9.17, 15) is 0 Å². The summed E-state index contributed by atoms with van der Waals surface area (Å²) < 4.78 is 0. The standard InChI is InChI=1S/C58H62BN3/c1-35-18-21-41(22-19-35)60-47-23-20-36(2)29-45(47)59-46-32-40(54(5,6)7)31-44-53(46)62(58(11)43-17-13-12-16-39(43)24-27-55(44,58)8)50-34-42(33-49(60)52(50)59)61-48-30-37(3)28-38(4)51(48)56(9)25-14-15-26-57(56,61)10/h12-13,16-23,28-34H,14-15,24-27H2,1-11H3. The van der Waals surface area contributed by atoms with Crippen molar-refractivity contribution in [1.82, 2.24) is 0 Å². The molecule has 4 atom stereocenters. The molecule has 1 fully saturated rings. The first-order valence-corrected chi connectivity index (χ1v) is 23.6. The average molecular weight is 812 g/mol. The maximum absolute atomic E-state index is 2.91. The molecule has 2 aliphatic carbocycles. The Morgan fingerprint density at radius 2 is 1.29 bits per heavy atom. The van der Waals surface area contributed by atoms with Crippen molar-refractivity contribution in [3.63, 3.8) is 0 Å². The normalized spacial score (nSPS) is 26.0.